The zero-order valence-corrected chi connectivity index (χ0v) is 13.9. The van der Waals surface area contributed by atoms with Crippen LogP contribution in [0.15, 0.2) is 28.6 Å². The molecule has 0 fully saturated rings. The normalized spacial score (nSPS) is 10.7. The number of hydrogen-bond donors (Lipinski definition) is 2. The molecule has 0 aliphatic rings. The number of benzene rings is 1. The lowest BCUT2D eigenvalue weighted by Gasteiger charge is -2.04. The Bertz CT molecular complexity index is 616. The number of carbonyl (C=O) groups is 1. The Morgan fingerprint density at radius 2 is 2.00 bits per heavy atom. The van der Waals surface area contributed by atoms with Gasteiger partial charge in [-0.2, -0.15) is 0 Å². The quantitative estimate of drug-likeness (QED) is 0.602. The molecule has 118 valence electrons. The second-order valence-corrected chi connectivity index (χ2v) is 7.31. The Morgan fingerprint density at radius 3 is 2.68 bits per heavy atom. The van der Waals surface area contributed by atoms with Crippen LogP contribution in [0.3, 0.4) is 0 Å². The predicted octanol–water partition coefficient (Wildman–Crippen LogP) is 4.46. The van der Waals surface area contributed by atoms with Crippen LogP contribution in [0, 0.1) is 11.7 Å². The number of aromatic nitrogens is 2. The maximum Gasteiger partial charge on any atom is 0.325 e. The lowest BCUT2D eigenvalue weighted by molar-refractivity contribution is 0.262. The number of nitrogens with one attached hydrogen (secondary N) is 2. The van der Waals surface area contributed by atoms with Gasteiger partial charge in [-0.25, -0.2) is 9.18 Å². The van der Waals surface area contributed by atoms with Crippen molar-refractivity contribution in [3.63, 3.8) is 0 Å². The van der Waals surface area contributed by atoms with Crippen LogP contribution in [0.4, 0.5) is 20.0 Å². The molecule has 0 bridgehead atoms. The van der Waals surface area contributed by atoms with Gasteiger partial charge in [0.25, 0.3) is 0 Å². The third-order valence-corrected chi connectivity index (χ3v) is 4.66. The molecule has 0 aliphatic heterocycles. The Labute approximate surface area is 136 Å². The highest BCUT2D eigenvalue weighted by Crippen LogP contribution is 2.26. The molecule has 0 unspecified atom stereocenters. The minimum atomic E-state index is -0.429. The zero-order valence-electron chi connectivity index (χ0n) is 12.3. The standard InChI is InChI=1S/C14H17FN4OS2/c1-9(2)7-8-21-14-19-18-13(22-14)17-12(20)16-11-5-3-10(15)4-6-11/h3-6,9H,7-8H2,1-2H3,(H2,16,17,18,20). The van der Waals surface area contributed by atoms with Gasteiger partial charge in [0.2, 0.25) is 5.13 Å². The summed E-state index contributed by atoms with van der Waals surface area (Å²) in [7, 11) is 0. The van der Waals surface area contributed by atoms with Gasteiger partial charge in [-0.15, -0.1) is 10.2 Å². The van der Waals surface area contributed by atoms with Crippen molar-refractivity contribution in [2.45, 2.75) is 24.6 Å². The van der Waals surface area contributed by atoms with Crippen molar-refractivity contribution in [3.8, 4) is 0 Å². The largest absolute Gasteiger partial charge is 0.325 e. The van der Waals surface area contributed by atoms with Crippen LogP contribution in [0.1, 0.15) is 20.3 Å². The van der Waals surface area contributed by atoms with Crippen LogP contribution in [0.2, 0.25) is 0 Å². The smallest absolute Gasteiger partial charge is 0.308 e. The summed E-state index contributed by atoms with van der Waals surface area (Å²) in [6.07, 6.45) is 1.11. The monoisotopic (exact) mass is 340 g/mol. The molecule has 1 aromatic heterocycles. The Hall–Kier alpha value is -1.67. The fraction of sp³-hybridized carbons (Fsp3) is 0.357. The number of rotatable bonds is 6. The Morgan fingerprint density at radius 1 is 1.27 bits per heavy atom. The highest BCUT2D eigenvalue weighted by Gasteiger charge is 2.09. The first kappa shape index (κ1) is 16.7. The highest BCUT2D eigenvalue weighted by molar-refractivity contribution is 8.01. The van der Waals surface area contributed by atoms with Crippen molar-refractivity contribution in [2.75, 3.05) is 16.4 Å². The van der Waals surface area contributed by atoms with Gasteiger partial charge in [0.1, 0.15) is 5.82 Å². The summed E-state index contributed by atoms with van der Waals surface area (Å²) >= 11 is 2.97. The van der Waals surface area contributed by atoms with Gasteiger partial charge < -0.3 is 5.32 Å². The van der Waals surface area contributed by atoms with Crippen LogP contribution in [-0.4, -0.2) is 22.0 Å². The first-order valence-electron chi connectivity index (χ1n) is 6.83. The first-order valence-corrected chi connectivity index (χ1v) is 8.63. The molecular weight excluding hydrogens is 323 g/mol. The summed E-state index contributed by atoms with van der Waals surface area (Å²) in [5, 5.41) is 13.6. The molecule has 0 spiro atoms. The molecule has 5 nitrogen and oxygen atoms in total. The minimum Gasteiger partial charge on any atom is -0.308 e. The summed E-state index contributed by atoms with van der Waals surface area (Å²) < 4.78 is 13.6. The van der Waals surface area contributed by atoms with E-state index in [2.05, 4.69) is 34.7 Å². The number of urea groups is 1. The average molecular weight is 340 g/mol. The molecule has 1 heterocycles. The van der Waals surface area contributed by atoms with Gasteiger partial charge in [0, 0.05) is 11.4 Å². The molecule has 1 aromatic carbocycles. The fourth-order valence-electron chi connectivity index (χ4n) is 1.49. The second kappa shape index (κ2) is 8.09. The second-order valence-electron chi connectivity index (χ2n) is 4.99. The van der Waals surface area contributed by atoms with Gasteiger partial charge in [0.15, 0.2) is 4.34 Å². The summed E-state index contributed by atoms with van der Waals surface area (Å²) in [5.74, 6) is 1.28. The minimum absolute atomic E-state index is 0.349. The molecule has 2 aromatic rings. The molecule has 0 atom stereocenters. The van der Waals surface area contributed by atoms with E-state index in [4.69, 9.17) is 0 Å². The molecule has 0 saturated carbocycles. The van der Waals surface area contributed by atoms with Crippen molar-refractivity contribution in [1.29, 1.82) is 0 Å². The van der Waals surface area contributed by atoms with Crippen molar-refractivity contribution >= 4 is 39.9 Å². The average Bonchev–Trinajstić information content (AvgIpc) is 2.88. The molecule has 0 aliphatic carbocycles. The highest BCUT2D eigenvalue weighted by atomic mass is 32.2. The van der Waals surface area contributed by atoms with E-state index in [1.807, 2.05) is 0 Å². The number of amides is 2. The summed E-state index contributed by atoms with van der Waals surface area (Å²) in [6, 6.07) is 5.11. The number of halogens is 1. The maximum atomic E-state index is 12.8. The van der Waals surface area contributed by atoms with Crippen LogP contribution in [0.25, 0.3) is 0 Å². The van der Waals surface area contributed by atoms with Crippen molar-refractivity contribution in [1.82, 2.24) is 10.2 Å². The topological polar surface area (TPSA) is 66.9 Å². The third kappa shape index (κ3) is 5.61. The van der Waals surface area contributed by atoms with Gasteiger partial charge >= 0.3 is 6.03 Å². The van der Waals surface area contributed by atoms with E-state index in [1.165, 1.54) is 35.6 Å². The number of thioether (sulfide) groups is 1. The van der Waals surface area contributed by atoms with Gasteiger partial charge in [-0.3, -0.25) is 5.32 Å². The van der Waals surface area contributed by atoms with E-state index < -0.39 is 6.03 Å². The maximum absolute atomic E-state index is 12.8. The Balaban J connectivity index is 1.81. The van der Waals surface area contributed by atoms with Crippen LogP contribution in [-0.2, 0) is 0 Å². The van der Waals surface area contributed by atoms with E-state index in [0.717, 1.165) is 16.5 Å². The molecule has 22 heavy (non-hydrogen) atoms. The molecule has 2 amide bonds. The van der Waals surface area contributed by atoms with Gasteiger partial charge in [-0.05, 0) is 36.6 Å². The molecular formula is C14H17FN4OS2. The summed E-state index contributed by atoms with van der Waals surface area (Å²) in [4.78, 5) is 11.8. The predicted molar refractivity (Wildman–Crippen MR) is 89.1 cm³/mol. The SMILES string of the molecule is CC(C)CCSc1nnc(NC(=O)Nc2ccc(F)cc2)s1. The molecule has 2 N–H and O–H groups in total. The van der Waals surface area contributed by atoms with E-state index in [-0.39, 0.29) is 5.82 Å². The van der Waals surface area contributed by atoms with Crippen LogP contribution >= 0.6 is 23.1 Å². The molecule has 0 radical (unpaired) electrons. The van der Waals surface area contributed by atoms with Crippen LogP contribution in [0.5, 0.6) is 0 Å². The first-order chi connectivity index (χ1) is 10.5. The van der Waals surface area contributed by atoms with Crippen molar-refractivity contribution in [2.24, 2.45) is 5.92 Å². The molecule has 8 heteroatoms. The number of anilines is 2. The van der Waals surface area contributed by atoms with Gasteiger partial charge in [-0.1, -0.05) is 36.9 Å². The third-order valence-electron chi connectivity index (χ3n) is 2.65. The zero-order chi connectivity index (χ0) is 15.9. The van der Waals surface area contributed by atoms with E-state index in [1.54, 1.807) is 11.8 Å². The summed E-state index contributed by atoms with van der Waals surface area (Å²) in [6.45, 7) is 4.35. The lowest BCUT2D eigenvalue weighted by atomic mass is 10.2. The lowest BCUT2D eigenvalue weighted by Crippen LogP contribution is -2.19. The van der Waals surface area contributed by atoms with E-state index in [9.17, 15) is 9.18 Å². The fourth-order valence-corrected chi connectivity index (χ4v) is 3.55. The number of carbonyl (C=O) groups excluding carboxylic acids is 1. The van der Waals surface area contributed by atoms with E-state index >= 15 is 0 Å². The van der Waals surface area contributed by atoms with E-state index in [0.29, 0.717) is 16.7 Å². The van der Waals surface area contributed by atoms with Gasteiger partial charge in [0.05, 0.1) is 0 Å². The van der Waals surface area contributed by atoms with Crippen LogP contribution < -0.4 is 10.6 Å². The number of nitrogens with zero attached hydrogens (tertiary/aromatic N) is 2. The molecule has 2 rings (SSSR count). The molecule has 0 saturated heterocycles. The number of hydrogen-bond acceptors (Lipinski definition) is 5. The summed E-state index contributed by atoms with van der Waals surface area (Å²) in [5.41, 5.74) is 0.509. The Kier molecular flexibility index (Phi) is 6.14. The van der Waals surface area contributed by atoms with Crippen molar-refractivity contribution in [3.05, 3.63) is 30.1 Å². The van der Waals surface area contributed by atoms with Crippen molar-refractivity contribution < 1.29 is 9.18 Å².